The van der Waals surface area contributed by atoms with Crippen molar-refractivity contribution in [1.82, 2.24) is 10.5 Å². The molecule has 0 unspecified atom stereocenters. The Labute approximate surface area is 177 Å². The fraction of sp³-hybridized carbons (Fsp3) is 0.360. The van der Waals surface area contributed by atoms with E-state index < -0.39 is 5.41 Å². The molecule has 0 atom stereocenters. The lowest BCUT2D eigenvalue weighted by molar-refractivity contribution is -0.137. The first-order chi connectivity index (χ1) is 14.7. The highest BCUT2D eigenvalue weighted by Crippen LogP contribution is 2.36. The molecule has 0 radical (unpaired) electrons. The summed E-state index contributed by atoms with van der Waals surface area (Å²) in [5.74, 6) is 0.823. The van der Waals surface area contributed by atoms with Gasteiger partial charge in [0.1, 0.15) is 11.5 Å². The molecule has 1 aliphatic rings. The van der Waals surface area contributed by atoms with Gasteiger partial charge in [-0.05, 0) is 37.3 Å². The number of ether oxygens (including phenoxy) is 1. The predicted octanol–water partition coefficient (Wildman–Crippen LogP) is 4.35. The van der Waals surface area contributed by atoms with Crippen molar-refractivity contribution in [3.8, 4) is 11.3 Å². The molecule has 1 saturated heterocycles. The van der Waals surface area contributed by atoms with Crippen LogP contribution in [0.5, 0.6) is 0 Å². The Morgan fingerprint density at radius 1 is 1.07 bits per heavy atom. The third-order valence-electron chi connectivity index (χ3n) is 5.97. The molecule has 0 saturated carbocycles. The molecule has 2 aromatic carbocycles. The van der Waals surface area contributed by atoms with Crippen molar-refractivity contribution in [2.75, 3.05) is 19.8 Å². The van der Waals surface area contributed by atoms with Crippen LogP contribution in [-0.2, 0) is 22.4 Å². The maximum atomic E-state index is 13.2. The summed E-state index contributed by atoms with van der Waals surface area (Å²) in [6, 6.07) is 20.3. The Kier molecular flexibility index (Phi) is 6.29. The molecule has 0 aliphatic carbocycles. The maximum absolute atomic E-state index is 13.2. The second-order valence-corrected chi connectivity index (χ2v) is 8.05. The molecule has 0 bridgehead atoms. The topological polar surface area (TPSA) is 64.4 Å². The smallest absolute Gasteiger partial charge is 0.226 e. The number of aromatic nitrogens is 1. The molecule has 1 aromatic heterocycles. The van der Waals surface area contributed by atoms with Crippen LogP contribution >= 0.6 is 0 Å². The number of nitrogens with zero attached hydrogens (tertiary/aromatic N) is 1. The average Bonchev–Trinajstić information content (AvgIpc) is 3.23. The molecule has 2 heterocycles. The molecular weight excluding hydrogens is 376 g/mol. The van der Waals surface area contributed by atoms with Crippen LogP contribution in [-0.4, -0.2) is 30.8 Å². The first kappa shape index (κ1) is 20.4. The van der Waals surface area contributed by atoms with Crippen LogP contribution in [0, 0.1) is 12.3 Å². The molecule has 5 heteroatoms. The fourth-order valence-electron chi connectivity index (χ4n) is 4.12. The molecule has 1 aliphatic heterocycles. The number of rotatable bonds is 7. The normalized spacial score (nSPS) is 15.6. The van der Waals surface area contributed by atoms with Crippen molar-refractivity contribution in [3.05, 3.63) is 77.6 Å². The predicted molar refractivity (Wildman–Crippen MR) is 116 cm³/mol. The summed E-state index contributed by atoms with van der Waals surface area (Å²) in [7, 11) is 0. The van der Waals surface area contributed by atoms with Crippen molar-refractivity contribution in [2.24, 2.45) is 5.41 Å². The van der Waals surface area contributed by atoms with Gasteiger partial charge in [-0.1, -0.05) is 59.8 Å². The van der Waals surface area contributed by atoms with Crippen LogP contribution in [0.4, 0.5) is 0 Å². The van der Waals surface area contributed by atoms with Crippen molar-refractivity contribution < 1.29 is 14.1 Å². The minimum Gasteiger partial charge on any atom is -0.381 e. The molecule has 5 nitrogen and oxygen atoms in total. The number of nitrogens with one attached hydrogen (secondary N) is 1. The third kappa shape index (κ3) is 4.62. The summed E-state index contributed by atoms with van der Waals surface area (Å²) in [4.78, 5) is 13.2. The highest BCUT2D eigenvalue weighted by atomic mass is 16.5. The van der Waals surface area contributed by atoms with Crippen LogP contribution in [0.3, 0.4) is 0 Å². The Hall–Kier alpha value is -2.92. The van der Waals surface area contributed by atoms with Crippen LogP contribution in [0.2, 0.25) is 0 Å². The van der Waals surface area contributed by atoms with E-state index in [1.54, 1.807) is 0 Å². The first-order valence-corrected chi connectivity index (χ1v) is 10.6. The van der Waals surface area contributed by atoms with Crippen molar-refractivity contribution in [1.29, 1.82) is 0 Å². The Morgan fingerprint density at radius 2 is 1.80 bits per heavy atom. The van der Waals surface area contributed by atoms with Crippen LogP contribution in [0.1, 0.15) is 29.7 Å². The number of benzene rings is 2. The van der Waals surface area contributed by atoms with Gasteiger partial charge in [0.25, 0.3) is 0 Å². The van der Waals surface area contributed by atoms with Gasteiger partial charge in [-0.3, -0.25) is 4.79 Å². The monoisotopic (exact) mass is 404 g/mol. The van der Waals surface area contributed by atoms with Crippen molar-refractivity contribution in [2.45, 2.75) is 32.6 Å². The summed E-state index contributed by atoms with van der Waals surface area (Å²) in [6.07, 6.45) is 2.72. The summed E-state index contributed by atoms with van der Waals surface area (Å²) >= 11 is 0. The Balaban J connectivity index is 1.46. The van der Waals surface area contributed by atoms with Gasteiger partial charge in [-0.15, -0.1) is 0 Å². The fourth-order valence-corrected chi connectivity index (χ4v) is 4.12. The molecule has 1 amide bonds. The van der Waals surface area contributed by atoms with E-state index in [0.29, 0.717) is 39.0 Å². The number of hydrogen-bond acceptors (Lipinski definition) is 4. The van der Waals surface area contributed by atoms with Crippen molar-refractivity contribution >= 4 is 5.91 Å². The van der Waals surface area contributed by atoms with E-state index in [4.69, 9.17) is 9.26 Å². The molecular formula is C25H28N2O3. The second-order valence-electron chi connectivity index (χ2n) is 8.05. The van der Waals surface area contributed by atoms with Gasteiger partial charge in [-0.2, -0.15) is 0 Å². The van der Waals surface area contributed by atoms with E-state index in [1.807, 2.05) is 42.5 Å². The average molecular weight is 405 g/mol. The molecule has 1 N–H and O–H groups in total. The molecule has 1 fully saturated rings. The molecule has 0 spiro atoms. The Bertz CT molecular complexity index is 975. The van der Waals surface area contributed by atoms with Gasteiger partial charge in [0.15, 0.2) is 0 Å². The second kappa shape index (κ2) is 9.26. The lowest BCUT2D eigenvalue weighted by Gasteiger charge is -2.35. The highest BCUT2D eigenvalue weighted by molar-refractivity contribution is 5.83. The number of carbonyl (C=O) groups excluding carboxylic acids is 1. The number of hydrogen-bond donors (Lipinski definition) is 1. The minimum atomic E-state index is -0.516. The van der Waals surface area contributed by atoms with Gasteiger partial charge in [0.05, 0.1) is 5.41 Å². The first-order valence-electron chi connectivity index (χ1n) is 10.6. The van der Waals surface area contributed by atoms with E-state index in [1.165, 1.54) is 5.56 Å². The van der Waals surface area contributed by atoms with E-state index in [2.05, 4.69) is 35.6 Å². The molecule has 156 valence electrons. The van der Waals surface area contributed by atoms with E-state index in [0.717, 1.165) is 29.0 Å². The molecule has 4 rings (SSSR count). The number of amides is 1. The van der Waals surface area contributed by atoms with E-state index >= 15 is 0 Å². The lowest BCUT2D eigenvalue weighted by atomic mass is 9.75. The summed E-state index contributed by atoms with van der Waals surface area (Å²) in [5, 5.41) is 7.42. The summed E-state index contributed by atoms with van der Waals surface area (Å²) in [5.41, 5.74) is 3.72. The van der Waals surface area contributed by atoms with Gasteiger partial charge in [-0.25, -0.2) is 0 Å². The lowest BCUT2D eigenvalue weighted by Crippen LogP contribution is -2.46. The largest absolute Gasteiger partial charge is 0.381 e. The van der Waals surface area contributed by atoms with Gasteiger partial charge in [0.2, 0.25) is 5.91 Å². The zero-order chi connectivity index (χ0) is 20.8. The van der Waals surface area contributed by atoms with Crippen LogP contribution in [0.25, 0.3) is 11.3 Å². The van der Waals surface area contributed by atoms with Gasteiger partial charge >= 0.3 is 0 Å². The van der Waals surface area contributed by atoms with Gasteiger partial charge in [0, 0.05) is 37.8 Å². The quantitative estimate of drug-likeness (QED) is 0.636. The van der Waals surface area contributed by atoms with E-state index in [-0.39, 0.29) is 5.91 Å². The molecule has 3 aromatic rings. The number of aryl methyl sites for hydroxylation is 1. The third-order valence-corrected chi connectivity index (χ3v) is 5.97. The maximum Gasteiger partial charge on any atom is 0.226 e. The zero-order valence-electron chi connectivity index (χ0n) is 17.4. The van der Waals surface area contributed by atoms with Crippen LogP contribution in [0.15, 0.2) is 65.2 Å². The zero-order valence-corrected chi connectivity index (χ0v) is 17.4. The SMILES string of the molecule is Cc1ccccc1-c1cc(CC2(C(=O)NCCc3ccccc3)CCOCC2)on1. The molecule has 30 heavy (non-hydrogen) atoms. The van der Waals surface area contributed by atoms with Crippen LogP contribution < -0.4 is 5.32 Å². The standard InChI is InChI=1S/C25H28N2O3/c1-19-7-5-6-10-22(19)23-17-21(30-27-23)18-25(12-15-29-16-13-25)24(28)26-14-11-20-8-3-2-4-9-20/h2-10,17H,11-16,18H2,1H3,(H,26,28). The van der Waals surface area contributed by atoms with Gasteiger partial charge < -0.3 is 14.6 Å². The summed E-state index contributed by atoms with van der Waals surface area (Å²) in [6.45, 7) is 3.86. The van der Waals surface area contributed by atoms with E-state index in [9.17, 15) is 4.79 Å². The van der Waals surface area contributed by atoms with Crippen molar-refractivity contribution in [3.63, 3.8) is 0 Å². The Morgan fingerprint density at radius 3 is 2.57 bits per heavy atom. The minimum absolute atomic E-state index is 0.0792. The number of carbonyl (C=O) groups is 1. The summed E-state index contributed by atoms with van der Waals surface area (Å²) < 4.78 is 11.2. The highest BCUT2D eigenvalue weighted by Gasteiger charge is 2.41.